The molecule has 110 valence electrons. The van der Waals surface area contributed by atoms with Gasteiger partial charge in [0.1, 0.15) is 5.82 Å². The fourth-order valence-corrected chi connectivity index (χ4v) is 2.11. The molecule has 0 saturated heterocycles. The summed E-state index contributed by atoms with van der Waals surface area (Å²) in [5.41, 5.74) is 1.38. The van der Waals surface area contributed by atoms with Gasteiger partial charge in [0.05, 0.1) is 11.1 Å². The number of rotatable bonds is 4. The van der Waals surface area contributed by atoms with Crippen LogP contribution in [0.25, 0.3) is 0 Å². The van der Waals surface area contributed by atoms with Crippen LogP contribution in [0.3, 0.4) is 0 Å². The predicted molar refractivity (Wildman–Crippen MR) is 87.0 cm³/mol. The number of aliphatic hydroxyl groups excluding tert-OH is 1. The number of hydrogen-bond donors (Lipinski definition) is 3. The fourth-order valence-electron chi connectivity index (χ4n) is 1.73. The highest BCUT2D eigenvalue weighted by Gasteiger charge is 2.08. The van der Waals surface area contributed by atoms with Crippen LogP contribution in [0.15, 0.2) is 48.5 Å². The lowest BCUT2D eigenvalue weighted by Gasteiger charge is -2.15. The first kappa shape index (κ1) is 15.7. The van der Waals surface area contributed by atoms with Crippen molar-refractivity contribution in [3.8, 4) is 0 Å². The van der Waals surface area contributed by atoms with Crippen LogP contribution in [0.2, 0.25) is 5.02 Å². The van der Waals surface area contributed by atoms with Crippen LogP contribution in [0.4, 0.5) is 10.1 Å². The Morgan fingerprint density at radius 1 is 1.24 bits per heavy atom. The third-order valence-electron chi connectivity index (χ3n) is 2.82. The molecule has 0 amide bonds. The second-order valence-corrected chi connectivity index (χ2v) is 5.21. The van der Waals surface area contributed by atoms with Crippen molar-refractivity contribution in [2.24, 2.45) is 0 Å². The molecule has 0 saturated carbocycles. The van der Waals surface area contributed by atoms with E-state index in [1.54, 1.807) is 0 Å². The zero-order chi connectivity index (χ0) is 15.2. The maximum Gasteiger partial charge on any atom is 0.170 e. The van der Waals surface area contributed by atoms with Gasteiger partial charge in [-0.3, -0.25) is 0 Å². The highest BCUT2D eigenvalue weighted by Crippen LogP contribution is 2.19. The normalized spacial score (nSPS) is 11.8. The molecule has 3 nitrogen and oxygen atoms in total. The number of nitrogens with one attached hydrogen (secondary N) is 2. The lowest BCUT2D eigenvalue weighted by molar-refractivity contribution is 0.181. The zero-order valence-corrected chi connectivity index (χ0v) is 12.6. The topological polar surface area (TPSA) is 44.3 Å². The summed E-state index contributed by atoms with van der Waals surface area (Å²) in [6.45, 7) is 0.269. The molecular weight excluding hydrogens is 311 g/mol. The Morgan fingerprint density at radius 3 is 2.62 bits per heavy atom. The number of halogens is 2. The molecule has 0 heterocycles. The van der Waals surface area contributed by atoms with Crippen molar-refractivity contribution in [2.45, 2.75) is 6.10 Å². The Kier molecular flexibility index (Phi) is 5.50. The first-order valence-corrected chi connectivity index (χ1v) is 7.08. The molecule has 0 aliphatic carbocycles. The van der Waals surface area contributed by atoms with Crippen LogP contribution < -0.4 is 10.6 Å². The Morgan fingerprint density at radius 2 is 1.95 bits per heavy atom. The summed E-state index contributed by atoms with van der Waals surface area (Å²) in [5.74, 6) is -0.486. The number of benzene rings is 2. The molecule has 0 aromatic heterocycles. The highest BCUT2D eigenvalue weighted by molar-refractivity contribution is 7.80. The lowest BCUT2D eigenvalue weighted by Crippen LogP contribution is -2.32. The maximum atomic E-state index is 13.0. The van der Waals surface area contributed by atoms with Gasteiger partial charge in [0, 0.05) is 12.2 Å². The van der Waals surface area contributed by atoms with Crippen molar-refractivity contribution in [2.75, 3.05) is 11.9 Å². The van der Waals surface area contributed by atoms with Gasteiger partial charge in [0.25, 0.3) is 0 Å². The number of anilines is 1. The van der Waals surface area contributed by atoms with Gasteiger partial charge in [0.15, 0.2) is 5.11 Å². The molecule has 6 heteroatoms. The van der Waals surface area contributed by atoms with E-state index in [1.165, 1.54) is 18.2 Å². The molecule has 0 bridgehead atoms. The first-order chi connectivity index (χ1) is 10.1. The van der Waals surface area contributed by atoms with Crippen LogP contribution >= 0.6 is 23.8 Å². The van der Waals surface area contributed by atoms with Gasteiger partial charge in [-0.15, -0.1) is 0 Å². The Bertz CT molecular complexity index is 624. The summed E-state index contributed by atoms with van der Waals surface area (Å²) in [5, 5.41) is 16.1. The average molecular weight is 325 g/mol. The first-order valence-electron chi connectivity index (χ1n) is 6.29. The van der Waals surface area contributed by atoms with E-state index in [4.69, 9.17) is 23.8 Å². The third-order valence-corrected chi connectivity index (χ3v) is 3.35. The second-order valence-electron chi connectivity index (χ2n) is 4.39. The highest BCUT2D eigenvalue weighted by atomic mass is 35.5. The molecule has 2 rings (SSSR count). The molecule has 2 aromatic carbocycles. The van der Waals surface area contributed by atoms with Crippen molar-refractivity contribution in [3.63, 3.8) is 0 Å². The number of aliphatic hydroxyl groups is 1. The smallest absolute Gasteiger partial charge is 0.170 e. The van der Waals surface area contributed by atoms with Crippen LogP contribution in [-0.2, 0) is 0 Å². The van der Waals surface area contributed by atoms with E-state index in [0.717, 1.165) is 5.56 Å². The summed E-state index contributed by atoms with van der Waals surface area (Å²) < 4.78 is 13.0. The van der Waals surface area contributed by atoms with Crippen LogP contribution in [0.1, 0.15) is 11.7 Å². The minimum absolute atomic E-state index is 0.0205. The van der Waals surface area contributed by atoms with E-state index < -0.39 is 11.9 Å². The third kappa shape index (κ3) is 4.67. The molecule has 0 radical (unpaired) electrons. The predicted octanol–water partition coefficient (Wildman–Crippen LogP) is 3.50. The van der Waals surface area contributed by atoms with E-state index in [0.29, 0.717) is 10.8 Å². The van der Waals surface area contributed by atoms with E-state index in [1.807, 2.05) is 30.3 Å². The van der Waals surface area contributed by atoms with Crippen LogP contribution in [-0.4, -0.2) is 16.8 Å². The molecule has 21 heavy (non-hydrogen) atoms. The van der Waals surface area contributed by atoms with Gasteiger partial charge in [0.2, 0.25) is 0 Å². The van der Waals surface area contributed by atoms with Gasteiger partial charge in [-0.25, -0.2) is 4.39 Å². The summed E-state index contributed by atoms with van der Waals surface area (Å²) in [4.78, 5) is 0. The molecule has 0 unspecified atom stereocenters. The van der Waals surface area contributed by atoms with E-state index in [2.05, 4.69) is 10.6 Å². The summed E-state index contributed by atoms with van der Waals surface area (Å²) in [6, 6.07) is 13.5. The molecule has 0 fully saturated rings. The zero-order valence-electron chi connectivity index (χ0n) is 11.0. The van der Waals surface area contributed by atoms with Crippen molar-refractivity contribution in [1.29, 1.82) is 0 Å². The summed E-state index contributed by atoms with van der Waals surface area (Å²) in [6.07, 6.45) is -0.664. The largest absolute Gasteiger partial charge is 0.387 e. The summed E-state index contributed by atoms with van der Waals surface area (Å²) in [7, 11) is 0. The van der Waals surface area contributed by atoms with Crippen molar-refractivity contribution < 1.29 is 9.50 Å². The minimum Gasteiger partial charge on any atom is -0.387 e. The fraction of sp³-hybridized carbons (Fsp3) is 0.133. The molecule has 0 spiro atoms. The van der Waals surface area contributed by atoms with Gasteiger partial charge in [-0.1, -0.05) is 41.9 Å². The maximum absolute atomic E-state index is 13.0. The van der Waals surface area contributed by atoms with Gasteiger partial charge in [-0.2, -0.15) is 0 Å². The number of hydrogen-bond acceptors (Lipinski definition) is 2. The van der Waals surface area contributed by atoms with Gasteiger partial charge < -0.3 is 15.7 Å². The van der Waals surface area contributed by atoms with Gasteiger partial charge in [-0.05, 0) is 36.0 Å². The van der Waals surface area contributed by atoms with E-state index in [9.17, 15) is 9.50 Å². The average Bonchev–Trinajstić information content (AvgIpc) is 2.49. The minimum atomic E-state index is -0.664. The Balaban J connectivity index is 1.86. The molecular formula is C15H14ClFN2OS. The molecule has 1 atom stereocenters. The lowest BCUT2D eigenvalue weighted by atomic mass is 10.1. The van der Waals surface area contributed by atoms with E-state index in [-0.39, 0.29) is 11.6 Å². The van der Waals surface area contributed by atoms with E-state index >= 15 is 0 Å². The standard InChI is InChI=1S/C15H14ClFN2OS/c16-12-8-11(6-7-13(12)17)19-15(21)18-9-14(20)10-4-2-1-3-5-10/h1-8,14,20H,9H2,(H2,18,19,21)/t14-/m1/s1. The quantitative estimate of drug-likeness (QED) is 0.753. The van der Waals surface area contributed by atoms with Crippen LogP contribution in [0.5, 0.6) is 0 Å². The molecule has 3 N–H and O–H groups in total. The molecule has 0 aliphatic rings. The second kappa shape index (κ2) is 7.36. The Labute approximate surface area is 132 Å². The van der Waals surface area contributed by atoms with Crippen molar-refractivity contribution >= 4 is 34.6 Å². The number of thiocarbonyl (C=S) groups is 1. The van der Waals surface area contributed by atoms with Crippen molar-refractivity contribution in [3.05, 3.63) is 64.9 Å². The SMILES string of the molecule is O[C@H](CNC(=S)Nc1ccc(F)c(Cl)c1)c1ccccc1. The van der Waals surface area contributed by atoms with Crippen molar-refractivity contribution in [1.82, 2.24) is 5.32 Å². The molecule has 2 aromatic rings. The monoisotopic (exact) mass is 324 g/mol. The molecule has 0 aliphatic heterocycles. The van der Waals surface area contributed by atoms with Gasteiger partial charge >= 0.3 is 0 Å². The summed E-state index contributed by atoms with van der Waals surface area (Å²) >= 11 is 10.8. The Hall–Kier alpha value is -1.69. The van der Waals surface area contributed by atoms with Crippen LogP contribution in [0, 0.1) is 5.82 Å².